The van der Waals surface area contributed by atoms with E-state index in [1.165, 1.54) is 32.1 Å². The molecule has 280 valence electrons. The van der Waals surface area contributed by atoms with Gasteiger partial charge in [0, 0.05) is 18.8 Å². The van der Waals surface area contributed by atoms with Crippen LogP contribution >= 0.6 is 6.89 Å². The van der Waals surface area contributed by atoms with E-state index in [1.54, 1.807) is 6.92 Å². The Morgan fingerprint density at radius 1 is 0.736 bits per heavy atom. The van der Waals surface area contributed by atoms with Gasteiger partial charge in [0.1, 0.15) is 17.5 Å². The van der Waals surface area contributed by atoms with Crippen molar-refractivity contribution in [2.75, 3.05) is 0 Å². The largest absolute Gasteiger partial charge is 0.462 e. The minimum atomic E-state index is -2.75. The standard InChI is InChI=1S/C48H60NO3P/c1-33(31-41(51)42(32-49)53(35-17-11-8-12-18-35,36-19-13-9-14-20-36)37-21-15-10-16-22-37)38-25-29-48(7)40-23-24-43-45(3,4)44(52-34(2)50)27-28-46(43,5)39(40)26-30-47(38,48)6/h8-22,33,38-40,43-44H,23-31H2,1-7H3/t33-,38?,39?,40?,43?,44+,46-,47-,48+/m1/s1. The van der Waals surface area contributed by atoms with Crippen LogP contribution in [0.3, 0.4) is 0 Å². The molecular weight excluding hydrogens is 670 g/mol. The lowest BCUT2D eigenvalue weighted by Crippen LogP contribution is -2.62. The van der Waals surface area contributed by atoms with Crippen molar-refractivity contribution >= 4 is 39.8 Å². The molecule has 0 bridgehead atoms. The van der Waals surface area contributed by atoms with Gasteiger partial charge in [-0.1, -0.05) is 133 Å². The number of Topliss-reactive ketones (excluding diaryl/α,β-unsaturated/α-hetero) is 1. The molecule has 5 heteroatoms. The molecule has 4 aliphatic carbocycles. The highest BCUT2D eigenvalue weighted by Gasteiger charge is 2.68. The molecule has 0 N–H and O–H groups in total. The molecule has 9 atom stereocenters. The molecule has 4 saturated carbocycles. The topological polar surface area (TPSA) is 67.2 Å². The van der Waals surface area contributed by atoms with Gasteiger partial charge in [-0.05, 0) is 120 Å². The molecule has 53 heavy (non-hydrogen) atoms. The smallest absolute Gasteiger partial charge is 0.302 e. The number of ether oxygens (including phenoxy) is 1. The van der Waals surface area contributed by atoms with Gasteiger partial charge in [-0.25, -0.2) is 0 Å². The van der Waals surface area contributed by atoms with Crippen molar-refractivity contribution in [3.05, 3.63) is 91.0 Å². The van der Waals surface area contributed by atoms with E-state index in [1.807, 2.05) is 54.6 Å². The highest BCUT2D eigenvalue weighted by Crippen LogP contribution is 2.74. The van der Waals surface area contributed by atoms with Crippen LogP contribution in [-0.2, 0) is 14.3 Å². The Morgan fingerprint density at radius 2 is 1.26 bits per heavy atom. The monoisotopic (exact) mass is 729 g/mol. The average Bonchev–Trinajstić information content (AvgIpc) is 3.43. The Balaban J connectivity index is 1.21. The molecule has 0 aromatic heterocycles. The van der Waals surface area contributed by atoms with Crippen molar-refractivity contribution in [3.63, 3.8) is 0 Å². The van der Waals surface area contributed by atoms with E-state index in [0.717, 1.165) is 35.2 Å². The molecule has 3 aromatic carbocycles. The van der Waals surface area contributed by atoms with Gasteiger partial charge in [0.05, 0.1) is 0 Å². The maximum absolute atomic E-state index is 15.0. The molecule has 0 amide bonds. The number of ketones is 1. The Kier molecular flexibility index (Phi) is 10.0. The van der Waals surface area contributed by atoms with E-state index in [4.69, 9.17) is 4.74 Å². The summed E-state index contributed by atoms with van der Waals surface area (Å²) in [5.74, 6) is 2.32. The zero-order valence-corrected chi connectivity index (χ0v) is 34.0. The molecule has 0 saturated heterocycles. The van der Waals surface area contributed by atoms with Crippen LogP contribution in [0.15, 0.2) is 91.0 Å². The summed E-state index contributed by atoms with van der Waals surface area (Å²) in [5, 5.41) is 14.7. The van der Waals surface area contributed by atoms with E-state index in [0.29, 0.717) is 35.4 Å². The number of nitriles is 1. The van der Waals surface area contributed by atoms with Crippen molar-refractivity contribution in [1.82, 2.24) is 0 Å². The fraction of sp³-hybridized carbons (Fsp3) is 0.542. The molecule has 4 aliphatic rings. The fourth-order valence-corrected chi connectivity index (χ4v) is 17.6. The molecular formula is C48H60NO3P. The second-order valence-electron chi connectivity index (χ2n) is 18.6. The van der Waals surface area contributed by atoms with Crippen LogP contribution in [0.25, 0.3) is 0 Å². The maximum Gasteiger partial charge on any atom is 0.302 e. The van der Waals surface area contributed by atoms with E-state index in [9.17, 15) is 14.9 Å². The van der Waals surface area contributed by atoms with Gasteiger partial charge >= 0.3 is 5.97 Å². The molecule has 4 unspecified atom stereocenters. The first kappa shape index (κ1) is 37.9. The number of rotatable bonds is 8. The zero-order chi connectivity index (χ0) is 37.8. The van der Waals surface area contributed by atoms with E-state index >= 15 is 0 Å². The third-order valence-electron chi connectivity index (χ3n) is 16.1. The third-order valence-corrected chi connectivity index (χ3v) is 20.3. The van der Waals surface area contributed by atoms with Crippen molar-refractivity contribution in [1.29, 1.82) is 5.26 Å². The van der Waals surface area contributed by atoms with Crippen LogP contribution in [0.4, 0.5) is 0 Å². The van der Waals surface area contributed by atoms with Crippen LogP contribution in [0.2, 0.25) is 0 Å². The summed E-state index contributed by atoms with van der Waals surface area (Å²) in [7, 11) is 0. The molecule has 0 spiro atoms. The highest BCUT2D eigenvalue weighted by molar-refractivity contribution is 7.96. The van der Waals surface area contributed by atoms with Crippen molar-refractivity contribution < 1.29 is 14.3 Å². The molecule has 0 heterocycles. The van der Waals surface area contributed by atoms with Crippen molar-refractivity contribution in [2.24, 2.45) is 51.2 Å². The Morgan fingerprint density at radius 3 is 1.77 bits per heavy atom. The lowest BCUT2D eigenvalue weighted by atomic mass is 9.38. The molecule has 4 nitrogen and oxygen atoms in total. The molecule has 7 rings (SSSR count). The highest BCUT2D eigenvalue weighted by atomic mass is 31.2. The maximum atomic E-state index is 15.0. The summed E-state index contributed by atoms with van der Waals surface area (Å²) in [4.78, 5) is 27.0. The summed E-state index contributed by atoms with van der Waals surface area (Å²) in [5.41, 5.74) is 0.547. The summed E-state index contributed by atoms with van der Waals surface area (Å²) in [6, 6.07) is 33.5. The summed E-state index contributed by atoms with van der Waals surface area (Å²) in [6.45, 7) is 13.6. The Hall–Kier alpha value is -3.41. The van der Waals surface area contributed by atoms with Gasteiger partial charge in [-0.15, -0.1) is 0 Å². The second kappa shape index (κ2) is 14.0. The normalized spacial score (nSPS) is 33.7. The quantitative estimate of drug-likeness (QED) is 0.171. The Bertz CT molecular complexity index is 1830. The minimum Gasteiger partial charge on any atom is -0.462 e. The first-order chi connectivity index (χ1) is 25.2. The van der Waals surface area contributed by atoms with Crippen molar-refractivity contribution in [3.8, 4) is 6.07 Å². The fourth-order valence-electron chi connectivity index (χ4n) is 13.5. The molecule has 0 radical (unpaired) electrons. The van der Waals surface area contributed by atoms with E-state index in [2.05, 4.69) is 84.0 Å². The number of nitrogens with zero attached hydrogens (tertiary/aromatic N) is 1. The van der Waals surface area contributed by atoms with Gasteiger partial charge in [-0.2, -0.15) is 5.26 Å². The zero-order valence-electron chi connectivity index (χ0n) is 33.1. The molecule has 0 aliphatic heterocycles. The van der Waals surface area contributed by atoms with Crippen LogP contribution in [-0.4, -0.2) is 23.2 Å². The number of carbonyl (C=O) groups excluding carboxylic acids is 2. The first-order valence-electron chi connectivity index (χ1n) is 20.3. The van der Waals surface area contributed by atoms with Crippen molar-refractivity contribution in [2.45, 2.75) is 112 Å². The minimum absolute atomic E-state index is 0.00437. The van der Waals surface area contributed by atoms with Gasteiger partial charge in [0.15, 0.2) is 5.78 Å². The van der Waals surface area contributed by atoms with Gasteiger partial charge in [0.25, 0.3) is 0 Å². The van der Waals surface area contributed by atoms with Crippen LogP contribution < -0.4 is 15.9 Å². The molecule has 4 fully saturated rings. The lowest BCUT2D eigenvalue weighted by Gasteiger charge is -2.67. The SMILES string of the molecule is CC(=O)O[C@H]1CC[C@]2(C)C3CC[C@]4(C)C([C@H](C)CC(=O)C(C#N)=P(c5ccccc5)(c5ccccc5)c5ccccc5)CC[C@@]4(C)C3CCC2C1(C)C. The predicted molar refractivity (Wildman–Crippen MR) is 219 cm³/mol. The van der Waals surface area contributed by atoms with Crippen LogP contribution in [0.1, 0.15) is 106 Å². The number of carbonyl (C=O) groups is 2. The summed E-state index contributed by atoms with van der Waals surface area (Å²) in [6.07, 6.45) is 9.67. The van der Waals surface area contributed by atoms with Gasteiger partial charge in [0.2, 0.25) is 0 Å². The average molecular weight is 730 g/mol. The van der Waals surface area contributed by atoms with E-state index < -0.39 is 6.89 Å². The predicted octanol–water partition coefficient (Wildman–Crippen LogP) is 9.89. The third kappa shape index (κ3) is 5.82. The second-order valence-corrected chi connectivity index (χ2v) is 21.9. The Labute approximate surface area is 319 Å². The van der Waals surface area contributed by atoms with Gasteiger partial charge in [-0.3, -0.25) is 9.59 Å². The number of benzene rings is 3. The van der Waals surface area contributed by atoms with Crippen LogP contribution in [0.5, 0.6) is 0 Å². The molecule has 3 aromatic rings. The number of fused-ring (bicyclic) bond motifs is 5. The van der Waals surface area contributed by atoms with E-state index in [-0.39, 0.29) is 45.4 Å². The number of hydrogen-bond acceptors (Lipinski definition) is 4. The number of hydrogen-bond donors (Lipinski definition) is 0. The summed E-state index contributed by atoms with van der Waals surface area (Å²) >= 11 is 0. The lowest BCUT2D eigenvalue weighted by molar-refractivity contribution is -0.209. The van der Waals surface area contributed by atoms with Gasteiger partial charge < -0.3 is 4.74 Å². The first-order valence-corrected chi connectivity index (χ1v) is 22.1. The van der Waals surface area contributed by atoms with Crippen LogP contribution in [0, 0.1) is 62.6 Å². The summed E-state index contributed by atoms with van der Waals surface area (Å²) < 4.78 is 5.95. The number of esters is 1.